The summed E-state index contributed by atoms with van der Waals surface area (Å²) >= 11 is 6.14. The Labute approximate surface area is 155 Å². The summed E-state index contributed by atoms with van der Waals surface area (Å²) in [6.45, 7) is 5.53. The highest BCUT2D eigenvalue weighted by molar-refractivity contribution is 6.31. The van der Waals surface area contributed by atoms with Gasteiger partial charge in [-0.05, 0) is 50.0 Å². The molecule has 4 heteroatoms. The lowest BCUT2D eigenvalue weighted by molar-refractivity contribution is -0.126. The Kier molecular flexibility index (Phi) is 6.11. The van der Waals surface area contributed by atoms with Gasteiger partial charge in [-0.1, -0.05) is 59.6 Å². The van der Waals surface area contributed by atoms with E-state index in [2.05, 4.69) is 41.4 Å². The van der Waals surface area contributed by atoms with Crippen molar-refractivity contribution in [1.29, 1.82) is 0 Å². The zero-order valence-corrected chi connectivity index (χ0v) is 15.4. The van der Waals surface area contributed by atoms with Gasteiger partial charge in [0.15, 0.2) is 0 Å². The highest BCUT2D eigenvalue weighted by atomic mass is 35.5. The number of benzene rings is 2. The van der Waals surface area contributed by atoms with Crippen molar-refractivity contribution in [2.75, 3.05) is 13.1 Å². The largest absolute Gasteiger partial charge is 0.352 e. The van der Waals surface area contributed by atoms with E-state index in [0.29, 0.717) is 11.6 Å². The number of hydrogen-bond acceptors (Lipinski definition) is 2. The van der Waals surface area contributed by atoms with Crippen molar-refractivity contribution in [3.63, 3.8) is 0 Å². The number of piperidine rings is 1. The number of amides is 1. The van der Waals surface area contributed by atoms with Crippen molar-refractivity contribution in [2.24, 2.45) is 5.92 Å². The summed E-state index contributed by atoms with van der Waals surface area (Å²) in [7, 11) is 0. The molecule has 0 radical (unpaired) electrons. The van der Waals surface area contributed by atoms with E-state index in [1.807, 2.05) is 24.3 Å². The Bertz CT molecular complexity index is 723. The zero-order valence-electron chi connectivity index (χ0n) is 14.7. The molecule has 2 aromatic rings. The average Bonchev–Trinajstić information content (AvgIpc) is 2.61. The first kappa shape index (κ1) is 18.0. The Morgan fingerprint density at radius 1 is 1.16 bits per heavy atom. The fraction of sp³-hybridized carbons (Fsp3) is 0.381. The van der Waals surface area contributed by atoms with Crippen molar-refractivity contribution in [3.8, 4) is 0 Å². The van der Waals surface area contributed by atoms with Crippen LogP contribution in [0.25, 0.3) is 0 Å². The van der Waals surface area contributed by atoms with E-state index in [1.165, 1.54) is 11.1 Å². The quantitative estimate of drug-likeness (QED) is 0.871. The second-order valence-electron chi connectivity index (χ2n) is 6.85. The number of halogens is 1. The minimum atomic E-state index is 0.108. The standard InChI is InChI=1S/C21H25ClN2O/c1-16-5-4-6-17(13-16)15-24-11-9-18(10-12-24)21(25)23-14-19-7-2-3-8-20(19)22/h2-8,13,18H,9-12,14-15H2,1H3,(H,23,25). The molecule has 1 aliphatic rings. The molecule has 1 heterocycles. The van der Waals surface area contributed by atoms with Gasteiger partial charge in [0.25, 0.3) is 0 Å². The van der Waals surface area contributed by atoms with Gasteiger partial charge in [-0.3, -0.25) is 9.69 Å². The van der Waals surface area contributed by atoms with Crippen LogP contribution in [-0.4, -0.2) is 23.9 Å². The van der Waals surface area contributed by atoms with E-state index in [-0.39, 0.29) is 11.8 Å². The number of likely N-dealkylation sites (tertiary alicyclic amines) is 1. The monoisotopic (exact) mass is 356 g/mol. The van der Waals surface area contributed by atoms with Crippen LogP contribution in [0.5, 0.6) is 0 Å². The normalized spacial score (nSPS) is 15.9. The lowest BCUT2D eigenvalue weighted by atomic mass is 9.95. The maximum Gasteiger partial charge on any atom is 0.223 e. The van der Waals surface area contributed by atoms with Crippen LogP contribution in [0.3, 0.4) is 0 Å². The summed E-state index contributed by atoms with van der Waals surface area (Å²) in [5.41, 5.74) is 3.61. The molecule has 0 unspecified atom stereocenters. The van der Waals surface area contributed by atoms with Crippen molar-refractivity contribution >= 4 is 17.5 Å². The van der Waals surface area contributed by atoms with Crippen LogP contribution in [0, 0.1) is 12.8 Å². The fourth-order valence-electron chi connectivity index (χ4n) is 3.39. The first-order valence-corrected chi connectivity index (χ1v) is 9.28. The van der Waals surface area contributed by atoms with Crippen molar-refractivity contribution < 1.29 is 4.79 Å². The summed E-state index contributed by atoms with van der Waals surface area (Å²) in [6.07, 6.45) is 1.83. The first-order chi connectivity index (χ1) is 12.1. The van der Waals surface area contributed by atoms with Gasteiger partial charge in [-0.25, -0.2) is 0 Å². The van der Waals surface area contributed by atoms with E-state index >= 15 is 0 Å². The van der Waals surface area contributed by atoms with E-state index in [4.69, 9.17) is 11.6 Å². The number of aryl methyl sites for hydroxylation is 1. The second kappa shape index (κ2) is 8.50. The highest BCUT2D eigenvalue weighted by Crippen LogP contribution is 2.20. The number of nitrogens with one attached hydrogen (secondary N) is 1. The van der Waals surface area contributed by atoms with Gasteiger partial charge in [0.05, 0.1) is 0 Å². The van der Waals surface area contributed by atoms with E-state index < -0.39 is 0 Å². The summed E-state index contributed by atoms with van der Waals surface area (Å²) in [4.78, 5) is 14.9. The van der Waals surface area contributed by atoms with E-state index in [9.17, 15) is 4.79 Å². The molecule has 0 spiro atoms. The van der Waals surface area contributed by atoms with E-state index in [0.717, 1.165) is 38.0 Å². The van der Waals surface area contributed by atoms with Gasteiger partial charge in [0.1, 0.15) is 0 Å². The van der Waals surface area contributed by atoms with Crippen LogP contribution in [-0.2, 0) is 17.9 Å². The van der Waals surface area contributed by atoms with Crippen LogP contribution in [0.4, 0.5) is 0 Å². The highest BCUT2D eigenvalue weighted by Gasteiger charge is 2.24. The predicted octanol–water partition coefficient (Wildman–Crippen LogP) is 4.18. The summed E-state index contributed by atoms with van der Waals surface area (Å²) in [5.74, 6) is 0.256. The molecule has 2 aromatic carbocycles. The minimum absolute atomic E-state index is 0.108. The predicted molar refractivity (Wildman–Crippen MR) is 102 cm³/mol. The lowest BCUT2D eigenvalue weighted by Gasteiger charge is -2.31. The van der Waals surface area contributed by atoms with Crippen LogP contribution < -0.4 is 5.32 Å². The molecule has 0 saturated carbocycles. The Balaban J connectivity index is 1.45. The second-order valence-corrected chi connectivity index (χ2v) is 7.26. The molecular formula is C21H25ClN2O. The first-order valence-electron chi connectivity index (χ1n) is 8.91. The number of rotatable bonds is 5. The smallest absolute Gasteiger partial charge is 0.223 e. The molecule has 0 bridgehead atoms. The van der Waals surface area contributed by atoms with E-state index in [1.54, 1.807) is 0 Å². The zero-order chi connectivity index (χ0) is 17.6. The summed E-state index contributed by atoms with van der Waals surface area (Å²) < 4.78 is 0. The minimum Gasteiger partial charge on any atom is -0.352 e. The van der Waals surface area contributed by atoms with Crippen molar-refractivity contribution in [2.45, 2.75) is 32.9 Å². The molecule has 1 N–H and O–H groups in total. The van der Waals surface area contributed by atoms with Crippen molar-refractivity contribution in [3.05, 3.63) is 70.2 Å². The molecule has 1 saturated heterocycles. The fourth-order valence-corrected chi connectivity index (χ4v) is 3.59. The third-order valence-corrected chi connectivity index (χ3v) is 5.23. The van der Waals surface area contributed by atoms with Gasteiger partial charge in [-0.15, -0.1) is 0 Å². The number of carbonyl (C=O) groups is 1. The van der Waals surface area contributed by atoms with Gasteiger partial charge in [0, 0.05) is 24.0 Å². The third-order valence-electron chi connectivity index (χ3n) is 4.86. The summed E-state index contributed by atoms with van der Waals surface area (Å²) in [5, 5.41) is 3.74. The summed E-state index contributed by atoms with van der Waals surface area (Å²) in [6, 6.07) is 16.3. The van der Waals surface area contributed by atoms with Gasteiger partial charge in [-0.2, -0.15) is 0 Å². The molecule has 1 aliphatic heterocycles. The van der Waals surface area contributed by atoms with Crippen LogP contribution in [0.1, 0.15) is 29.5 Å². The van der Waals surface area contributed by atoms with Crippen LogP contribution >= 0.6 is 11.6 Å². The molecule has 25 heavy (non-hydrogen) atoms. The molecule has 1 amide bonds. The molecule has 132 valence electrons. The molecule has 3 nitrogen and oxygen atoms in total. The topological polar surface area (TPSA) is 32.3 Å². The lowest BCUT2D eigenvalue weighted by Crippen LogP contribution is -2.40. The maximum absolute atomic E-state index is 12.4. The molecule has 0 aromatic heterocycles. The third kappa shape index (κ3) is 5.07. The van der Waals surface area contributed by atoms with Crippen LogP contribution in [0.15, 0.2) is 48.5 Å². The molecule has 0 aliphatic carbocycles. The molecule has 1 fully saturated rings. The molecular weight excluding hydrogens is 332 g/mol. The van der Waals surface area contributed by atoms with Gasteiger partial charge < -0.3 is 5.32 Å². The number of nitrogens with zero attached hydrogens (tertiary/aromatic N) is 1. The van der Waals surface area contributed by atoms with Crippen LogP contribution in [0.2, 0.25) is 5.02 Å². The van der Waals surface area contributed by atoms with Crippen molar-refractivity contribution in [1.82, 2.24) is 10.2 Å². The number of hydrogen-bond donors (Lipinski definition) is 1. The Morgan fingerprint density at radius 3 is 2.64 bits per heavy atom. The molecule has 0 atom stereocenters. The van der Waals surface area contributed by atoms with Gasteiger partial charge in [0.2, 0.25) is 5.91 Å². The van der Waals surface area contributed by atoms with Gasteiger partial charge >= 0.3 is 0 Å². The number of carbonyl (C=O) groups excluding carboxylic acids is 1. The maximum atomic E-state index is 12.4. The molecule has 3 rings (SSSR count). The average molecular weight is 357 g/mol. The Morgan fingerprint density at radius 2 is 1.92 bits per heavy atom. The SMILES string of the molecule is Cc1cccc(CN2CCC(C(=O)NCc3ccccc3Cl)CC2)c1. The Hall–Kier alpha value is -1.84.